The van der Waals surface area contributed by atoms with Crippen LogP contribution < -0.4 is 4.74 Å². The molecule has 1 aromatic heterocycles. The zero-order chi connectivity index (χ0) is 20.6. The van der Waals surface area contributed by atoms with Crippen molar-refractivity contribution in [2.75, 3.05) is 20.1 Å². The molecular formula is C19H25F5N2O2. The largest absolute Gasteiger partial charge is 0.573 e. The van der Waals surface area contributed by atoms with Crippen LogP contribution in [-0.4, -0.2) is 53.0 Å². The molecule has 1 aromatic rings. The van der Waals surface area contributed by atoms with Crippen LogP contribution in [0, 0.1) is 5.92 Å². The molecular weight excluding hydrogens is 383 g/mol. The highest BCUT2D eigenvalue weighted by atomic mass is 19.4. The van der Waals surface area contributed by atoms with Crippen molar-refractivity contribution in [3.05, 3.63) is 24.0 Å². The predicted octanol–water partition coefficient (Wildman–Crippen LogP) is 4.35. The number of rotatable bonds is 4. The van der Waals surface area contributed by atoms with Gasteiger partial charge in [-0.25, -0.2) is 8.78 Å². The molecule has 1 saturated heterocycles. The lowest BCUT2D eigenvalue weighted by atomic mass is 9.66. The van der Waals surface area contributed by atoms with Crippen LogP contribution in [0.1, 0.15) is 50.1 Å². The second-order valence-corrected chi connectivity index (χ2v) is 8.04. The van der Waals surface area contributed by atoms with Crippen LogP contribution in [0.4, 0.5) is 22.0 Å². The van der Waals surface area contributed by atoms with Crippen molar-refractivity contribution in [2.45, 2.75) is 62.3 Å². The molecule has 0 spiro atoms. The van der Waals surface area contributed by atoms with Crippen LogP contribution in [0.3, 0.4) is 0 Å². The molecule has 9 heteroatoms. The van der Waals surface area contributed by atoms with Crippen LogP contribution in [0.15, 0.2) is 18.3 Å². The first-order chi connectivity index (χ1) is 13.0. The topological polar surface area (TPSA) is 45.6 Å². The molecule has 1 atom stereocenters. The third-order valence-electron chi connectivity index (χ3n) is 5.98. The second kappa shape index (κ2) is 7.74. The van der Waals surface area contributed by atoms with Gasteiger partial charge in [-0.1, -0.05) is 0 Å². The maximum atomic E-state index is 13.6. The summed E-state index contributed by atoms with van der Waals surface area (Å²) >= 11 is 0. The molecule has 1 aliphatic heterocycles. The second-order valence-electron chi connectivity index (χ2n) is 8.04. The monoisotopic (exact) mass is 408 g/mol. The van der Waals surface area contributed by atoms with E-state index in [9.17, 15) is 27.1 Å². The molecule has 0 aromatic carbocycles. The third-order valence-corrected chi connectivity index (χ3v) is 5.98. The number of hydrogen-bond acceptors (Lipinski definition) is 4. The third kappa shape index (κ3) is 5.11. The number of alkyl halides is 5. The molecule has 158 valence electrons. The van der Waals surface area contributed by atoms with Crippen molar-refractivity contribution in [3.63, 3.8) is 0 Å². The number of aromatic nitrogens is 1. The van der Waals surface area contributed by atoms with E-state index in [2.05, 4.69) is 14.6 Å². The van der Waals surface area contributed by atoms with E-state index in [1.807, 2.05) is 7.05 Å². The molecule has 1 unspecified atom stereocenters. The Kier molecular flexibility index (Phi) is 5.87. The van der Waals surface area contributed by atoms with Gasteiger partial charge in [0, 0.05) is 37.5 Å². The summed E-state index contributed by atoms with van der Waals surface area (Å²) in [6.07, 6.45) is -2.92. The number of pyridine rings is 1. The fourth-order valence-electron chi connectivity index (χ4n) is 4.44. The van der Waals surface area contributed by atoms with Gasteiger partial charge in [-0.2, -0.15) is 0 Å². The summed E-state index contributed by atoms with van der Waals surface area (Å²) in [6, 6.07) is 2.58. The lowest BCUT2D eigenvalue weighted by molar-refractivity contribution is -0.274. The summed E-state index contributed by atoms with van der Waals surface area (Å²) in [7, 11) is 1.94. The smallest absolute Gasteiger partial charge is 0.404 e. The van der Waals surface area contributed by atoms with Gasteiger partial charge in [0.2, 0.25) is 5.92 Å². The maximum Gasteiger partial charge on any atom is 0.573 e. The van der Waals surface area contributed by atoms with Gasteiger partial charge in [-0.3, -0.25) is 4.98 Å². The van der Waals surface area contributed by atoms with Gasteiger partial charge in [0.1, 0.15) is 5.75 Å². The number of ether oxygens (including phenoxy) is 1. The Morgan fingerprint density at radius 2 is 1.75 bits per heavy atom. The first-order valence-electron chi connectivity index (χ1n) is 9.48. The minimum atomic E-state index is -4.82. The van der Waals surface area contributed by atoms with Crippen molar-refractivity contribution in [1.29, 1.82) is 0 Å². The fourth-order valence-corrected chi connectivity index (χ4v) is 4.44. The van der Waals surface area contributed by atoms with E-state index in [4.69, 9.17) is 0 Å². The van der Waals surface area contributed by atoms with E-state index in [1.165, 1.54) is 12.1 Å². The minimum absolute atomic E-state index is 0.199. The Morgan fingerprint density at radius 3 is 2.25 bits per heavy atom. The summed E-state index contributed by atoms with van der Waals surface area (Å²) in [6.45, 7) is 1.32. The molecule has 2 fully saturated rings. The van der Waals surface area contributed by atoms with Crippen LogP contribution in [0.2, 0.25) is 0 Å². The Bertz CT molecular complexity index is 647. The van der Waals surface area contributed by atoms with Crippen molar-refractivity contribution < 1.29 is 31.8 Å². The van der Waals surface area contributed by atoms with Crippen LogP contribution in [0.5, 0.6) is 5.75 Å². The van der Waals surface area contributed by atoms with Crippen LogP contribution in [-0.2, 0) is 0 Å². The number of nitrogens with zero attached hydrogens (tertiary/aromatic N) is 2. The summed E-state index contributed by atoms with van der Waals surface area (Å²) in [5, 5.41) is 11.4. The van der Waals surface area contributed by atoms with Gasteiger partial charge in [0.05, 0.1) is 11.8 Å². The zero-order valence-corrected chi connectivity index (χ0v) is 15.7. The van der Waals surface area contributed by atoms with E-state index in [0.29, 0.717) is 31.6 Å². The number of likely N-dealkylation sites (tertiary alicyclic amines) is 1. The van der Waals surface area contributed by atoms with Crippen LogP contribution in [0.25, 0.3) is 0 Å². The van der Waals surface area contributed by atoms with Gasteiger partial charge in [-0.05, 0) is 50.8 Å². The molecule has 1 N–H and O–H groups in total. The van der Waals surface area contributed by atoms with Gasteiger partial charge >= 0.3 is 6.36 Å². The average molecular weight is 408 g/mol. The highest BCUT2D eigenvalue weighted by Gasteiger charge is 2.47. The summed E-state index contributed by atoms with van der Waals surface area (Å²) in [5.41, 5.74) is -0.694. The van der Waals surface area contributed by atoms with Crippen molar-refractivity contribution in [1.82, 2.24) is 9.88 Å². The standard InChI is InChI=1S/C19H25F5N2O2/c1-26-10-8-17(27,9-11-26)16(13-4-6-18(20,21)7-5-13)15-3-2-14(12-25-15)28-19(22,23)24/h2-3,12-13,16,27H,4-11H2,1H3. The number of aliphatic hydroxyl groups is 1. The van der Waals surface area contributed by atoms with Gasteiger partial charge in [0.15, 0.2) is 0 Å². The van der Waals surface area contributed by atoms with Gasteiger partial charge < -0.3 is 14.7 Å². The quantitative estimate of drug-likeness (QED) is 0.753. The molecule has 3 rings (SSSR count). The van der Waals surface area contributed by atoms with Gasteiger partial charge in [-0.15, -0.1) is 13.2 Å². The Morgan fingerprint density at radius 1 is 1.14 bits per heavy atom. The predicted molar refractivity (Wildman–Crippen MR) is 92.2 cm³/mol. The molecule has 28 heavy (non-hydrogen) atoms. The number of piperidine rings is 1. The molecule has 1 aliphatic carbocycles. The SMILES string of the molecule is CN1CCC(O)(C(c2ccc(OC(F)(F)F)cn2)C2CCC(F)(F)CC2)CC1. The number of hydrogen-bond donors (Lipinski definition) is 1. The Hall–Kier alpha value is -1.48. The van der Waals surface area contributed by atoms with E-state index < -0.39 is 29.6 Å². The molecule has 4 nitrogen and oxygen atoms in total. The maximum absolute atomic E-state index is 13.6. The first-order valence-corrected chi connectivity index (χ1v) is 9.48. The van der Waals surface area contributed by atoms with Crippen molar-refractivity contribution in [2.24, 2.45) is 5.92 Å². The highest BCUT2D eigenvalue weighted by Crippen LogP contribution is 2.48. The molecule has 2 aliphatic rings. The molecule has 0 amide bonds. The zero-order valence-electron chi connectivity index (χ0n) is 15.7. The summed E-state index contributed by atoms with van der Waals surface area (Å²) in [5.74, 6) is -3.85. The first kappa shape index (κ1) is 21.2. The highest BCUT2D eigenvalue weighted by molar-refractivity contribution is 5.25. The molecule has 0 radical (unpaired) electrons. The normalized spacial score (nSPS) is 24.7. The van der Waals surface area contributed by atoms with E-state index in [-0.39, 0.29) is 31.6 Å². The minimum Gasteiger partial charge on any atom is -0.404 e. The molecule has 2 heterocycles. The fraction of sp³-hybridized carbons (Fsp3) is 0.737. The van der Waals surface area contributed by atoms with E-state index >= 15 is 0 Å². The Labute approximate surface area is 160 Å². The lowest BCUT2D eigenvalue weighted by Gasteiger charge is -2.46. The number of halogens is 5. The summed E-state index contributed by atoms with van der Waals surface area (Å²) in [4.78, 5) is 6.21. The van der Waals surface area contributed by atoms with E-state index in [0.717, 1.165) is 6.20 Å². The molecule has 1 saturated carbocycles. The van der Waals surface area contributed by atoms with Gasteiger partial charge in [0.25, 0.3) is 0 Å². The van der Waals surface area contributed by atoms with Crippen LogP contribution >= 0.6 is 0 Å². The lowest BCUT2D eigenvalue weighted by Crippen LogP contribution is -2.49. The summed E-state index contributed by atoms with van der Waals surface area (Å²) < 4.78 is 68.3. The van der Waals surface area contributed by atoms with Crippen molar-refractivity contribution >= 4 is 0 Å². The van der Waals surface area contributed by atoms with Crippen molar-refractivity contribution in [3.8, 4) is 5.75 Å². The van der Waals surface area contributed by atoms with E-state index in [1.54, 1.807) is 0 Å². The average Bonchev–Trinajstić information content (AvgIpc) is 2.60. The Balaban J connectivity index is 1.86. The molecule has 0 bridgehead atoms.